The minimum Gasteiger partial charge on any atom is -0.317 e. The Balaban J connectivity index is 2.05. The van der Waals surface area contributed by atoms with Crippen molar-refractivity contribution in [3.05, 3.63) is 29.6 Å². The van der Waals surface area contributed by atoms with Gasteiger partial charge in [0, 0.05) is 31.4 Å². The van der Waals surface area contributed by atoms with Crippen molar-refractivity contribution in [2.75, 3.05) is 13.6 Å². The molecule has 1 aromatic rings. The molecule has 0 bridgehead atoms. The summed E-state index contributed by atoms with van der Waals surface area (Å²) in [5.74, 6) is 0.688. The standard InChI is InChI=1S/C15H25N3/c1-11-6-5-8-17-15(11)10-18-9-7-14(16-4)12(2)13(18)3/h5-6,8,12-14,16H,7,9-10H2,1-4H3. The van der Waals surface area contributed by atoms with Gasteiger partial charge in [0.05, 0.1) is 5.69 Å². The lowest BCUT2D eigenvalue weighted by Gasteiger charge is -2.42. The van der Waals surface area contributed by atoms with Gasteiger partial charge in [-0.1, -0.05) is 13.0 Å². The number of nitrogens with zero attached hydrogens (tertiary/aromatic N) is 2. The molecule has 0 amide bonds. The molecule has 0 spiro atoms. The number of hydrogen-bond donors (Lipinski definition) is 1. The molecule has 1 saturated heterocycles. The topological polar surface area (TPSA) is 28.2 Å². The van der Waals surface area contributed by atoms with Gasteiger partial charge in [0.15, 0.2) is 0 Å². The van der Waals surface area contributed by atoms with Crippen molar-refractivity contribution in [3.8, 4) is 0 Å². The predicted molar refractivity (Wildman–Crippen MR) is 75.5 cm³/mol. The molecule has 1 aliphatic rings. The van der Waals surface area contributed by atoms with Crippen LogP contribution < -0.4 is 5.32 Å². The zero-order chi connectivity index (χ0) is 13.1. The van der Waals surface area contributed by atoms with E-state index in [0.29, 0.717) is 18.0 Å². The Hall–Kier alpha value is -0.930. The zero-order valence-electron chi connectivity index (χ0n) is 12.0. The summed E-state index contributed by atoms with van der Waals surface area (Å²) in [5, 5.41) is 3.44. The van der Waals surface area contributed by atoms with Gasteiger partial charge in [-0.05, 0) is 44.9 Å². The van der Waals surface area contributed by atoms with E-state index in [2.05, 4.69) is 49.1 Å². The first kappa shape index (κ1) is 13.5. The average Bonchev–Trinajstić information content (AvgIpc) is 2.38. The van der Waals surface area contributed by atoms with E-state index in [9.17, 15) is 0 Å². The van der Waals surface area contributed by atoms with Gasteiger partial charge in [-0.15, -0.1) is 0 Å². The summed E-state index contributed by atoms with van der Waals surface area (Å²) in [6.45, 7) is 8.98. The van der Waals surface area contributed by atoms with E-state index in [4.69, 9.17) is 0 Å². The number of pyridine rings is 1. The van der Waals surface area contributed by atoms with Crippen molar-refractivity contribution in [1.29, 1.82) is 0 Å². The van der Waals surface area contributed by atoms with Gasteiger partial charge in [0.25, 0.3) is 0 Å². The Morgan fingerprint density at radius 1 is 1.44 bits per heavy atom. The lowest BCUT2D eigenvalue weighted by molar-refractivity contribution is 0.0798. The summed E-state index contributed by atoms with van der Waals surface area (Å²) in [6, 6.07) is 5.42. The lowest BCUT2D eigenvalue weighted by atomic mass is 9.87. The number of aryl methyl sites for hydroxylation is 1. The van der Waals surface area contributed by atoms with Gasteiger partial charge in [0.1, 0.15) is 0 Å². The fraction of sp³-hybridized carbons (Fsp3) is 0.667. The number of aromatic nitrogens is 1. The summed E-state index contributed by atoms with van der Waals surface area (Å²) in [6.07, 6.45) is 3.13. The number of piperidine rings is 1. The number of hydrogen-bond acceptors (Lipinski definition) is 3. The number of nitrogens with one attached hydrogen (secondary N) is 1. The van der Waals surface area contributed by atoms with Crippen LogP contribution in [-0.2, 0) is 6.54 Å². The van der Waals surface area contributed by atoms with Crippen LogP contribution >= 0.6 is 0 Å². The Morgan fingerprint density at radius 3 is 2.89 bits per heavy atom. The first-order valence-electron chi connectivity index (χ1n) is 6.95. The molecule has 1 aliphatic heterocycles. The Labute approximate surface area is 111 Å². The fourth-order valence-corrected chi connectivity index (χ4v) is 2.95. The predicted octanol–water partition coefficient (Wildman–Crippen LogP) is 2.21. The van der Waals surface area contributed by atoms with Crippen LogP contribution in [0.15, 0.2) is 18.3 Å². The van der Waals surface area contributed by atoms with Gasteiger partial charge >= 0.3 is 0 Å². The van der Waals surface area contributed by atoms with Crippen molar-refractivity contribution < 1.29 is 0 Å². The average molecular weight is 247 g/mol. The summed E-state index contributed by atoms with van der Waals surface area (Å²) in [5.41, 5.74) is 2.52. The van der Waals surface area contributed by atoms with E-state index in [1.54, 1.807) is 0 Å². The Bertz CT molecular complexity index is 391. The zero-order valence-corrected chi connectivity index (χ0v) is 12.0. The van der Waals surface area contributed by atoms with E-state index in [1.165, 1.54) is 17.7 Å². The van der Waals surface area contributed by atoms with E-state index < -0.39 is 0 Å². The fourth-order valence-electron chi connectivity index (χ4n) is 2.95. The summed E-state index contributed by atoms with van der Waals surface area (Å²) < 4.78 is 0. The minimum absolute atomic E-state index is 0.609. The van der Waals surface area contributed by atoms with Gasteiger partial charge < -0.3 is 5.32 Å². The van der Waals surface area contributed by atoms with Crippen LogP contribution in [0.1, 0.15) is 31.5 Å². The van der Waals surface area contributed by atoms with Gasteiger partial charge in [-0.25, -0.2) is 0 Å². The molecule has 0 aliphatic carbocycles. The molecule has 1 aromatic heterocycles. The van der Waals surface area contributed by atoms with Crippen LogP contribution in [0, 0.1) is 12.8 Å². The molecular formula is C15H25N3. The molecule has 18 heavy (non-hydrogen) atoms. The third-order valence-electron chi connectivity index (χ3n) is 4.54. The second-order valence-electron chi connectivity index (χ2n) is 5.52. The molecule has 1 fully saturated rings. The maximum Gasteiger partial charge on any atom is 0.0573 e. The van der Waals surface area contributed by atoms with E-state index in [0.717, 1.165) is 13.1 Å². The highest BCUT2D eigenvalue weighted by atomic mass is 15.2. The van der Waals surface area contributed by atoms with E-state index in [-0.39, 0.29) is 0 Å². The van der Waals surface area contributed by atoms with Gasteiger partial charge in [-0.2, -0.15) is 0 Å². The third kappa shape index (κ3) is 2.73. The maximum atomic E-state index is 4.51. The molecule has 3 unspecified atom stereocenters. The molecule has 3 heteroatoms. The van der Waals surface area contributed by atoms with Crippen LogP contribution in [0.5, 0.6) is 0 Å². The number of likely N-dealkylation sites (tertiary alicyclic amines) is 1. The Morgan fingerprint density at radius 2 is 2.22 bits per heavy atom. The maximum absolute atomic E-state index is 4.51. The molecule has 100 valence electrons. The molecule has 1 N–H and O–H groups in total. The van der Waals surface area contributed by atoms with E-state index in [1.807, 2.05) is 12.3 Å². The molecule has 0 radical (unpaired) electrons. The van der Waals surface area contributed by atoms with Gasteiger partial charge in [-0.3, -0.25) is 9.88 Å². The molecule has 2 heterocycles. The molecule has 3 atom stereocenters. The van der Waals surface area contributed by atoms with Crippen molar-refractivity contribution in [2.24, 2.45) is 5.92 Å². The van der Waals surface area contributed by atoms with Gasteiger partial charge in [0.2, 0.25) is 0 Å². The Kier molecular flexibility index (Phi) is 4.36. The first-order chi connectivity index (χ1) is 8.63. The lowest BCUT2D eigenvalue weighted by Crippen LogP contribution is -2.52. The largest absolute Gasteiger partial charge is 0.317 e. The minimum atomic E-state index is 0.609. The molecule has 3 nitrogen and oxygen atoms in total. The highest BCUT2D eigenvalue weighted by Gasteiger charge is 2.31. The molecule has 0 saturated carbocycles. The van der Waals surface area contributed by atoms with Crippen molar-refractivity contribution in [2.45, 2.75) is 45.8 Å². The van der Waals surface area contributed by atoms with E-state index >= 15 is 0 Å². The SMILES string of the molecule is CNC1CCN(Cc2ncccc2C)C(C)C1C. The van der Waals surface area contributed by atoms with Crippen molar-refractivity contribution in [3.63, 3.8) is 0 Å². The van der Waals surface area contributed by atoms with Crippen molar-refractivity contribution in [1.82, 2.24) is 15.2 Å². The van der Waals surface area contributed by atoms with Crippen LogP contribution in [0.2, 0.25) is 0 Å². The summed E-state index contributed by atoms with van der Waals surface area (Å²) in [4.78, 5) is 7.08. The third-order valence-corrected chi connectivity index (χ3v) is 4.54. The normalized spacial score (nSPS) is 29.4. The molecule has 2 rings (SSSR count). The van der Waals surface area contributed by atoms with Crippen LogP contribution in [0.25, 0.3) is 0 Å². The summed E-state index contributed by atoms with van der Waals surface area (Å²) in [7, 11) is 2.08. The van der Waals surface area contributed by atoms with Crippen LogP contribution in [0.4, 0.5) is 0 Å². The molecule has 0 aromatic carbocycles. The van der Waals surface area contributed by atoms with Crippen LogP contribution in [0.3, 0.4) is 0 Å². The second-order valence-corrected chi connectivity index (χ2v) is 5.52. The summed E-state index contributed by atoms with van der Waals surface area (Å²) >= 11 is 0. The smallest absolute Gasteiger partial charge is 0.0573 e. The quantitative estimate of drug-likeness (QED) is 0.887. The molecular weight excluding hydrogens is 222 g/mol. The van der Waals surface area contributed by atoms with Crippen LogP contribution in [-0.4, -0.2) is 35.6 Å². The first-order valence-corrected chi connectivity index (χ1v) is 6.95. The number of rotatable bonds is 3. The van der Waals surface area contributed by atoms with Crippen molar-refractivity contribution >= 4 is 0 Å². The highest BCUT2D eigenvalue weighted by Crippen LogP contribution is 2.25. The highest BCUT2D eigenvalue weighted by molar-refractivity contribution is 5.17. The monoisotopic (exact) mass is 247 g/mol. The second kappa shape index (κ2) is 5.81.